The van der Waals surface area contributed by atoms with Gasteiger partial charge in [-0.25, -0.2) is 0 Å². The van der Waals surface area contributed by atoms with E-state index in [1.165, 1.54) is 0 Å². The van der Waals surface area contributed by atoms with Crippen molar-refractivity contribution in [2.24, 2.45) is 5.73 Å². The van der Waals surface area contributed by atoms with E-state index in [1.807, 2.05) is 0 Å². The van der Waals surface area contributed by atoms with Gasteiger partial charge in [0.05, 0.1) is 6.42 Å². The van der Waals surface area contributed by atoms with Gasteiger partial charge in [0, 0.05) is 12.3 Å². The average Bonchev–Trinajstić information content (AvgIpc) is 2.03. The molecule has 0 radical (unpaired) electrons. The van der Waals surface area contributed by atoms with Gasteiger partial charge in [-0.1, -0.05) is 0 Å². The Bertz CT molecular complexity index is 168. The molecular formula is C6H14ClNO4S2. The van der Waals surface area contributed by atoms with Crippen molar-refractivity contribution in [3.05, 3.63) is 0 Å². The number of carbonyl (C=O) groups is 2. The van der Waals surface area contributed by atoms with Crippen molar-refractivity contribution in [1.82, 2.24) is 0 Å². The van der Waals surface area contributed by atoms with Gasteiger partial charge in [-0.05, 0) is 0 Å². The van der Waals surface area contributed by atoms with Crippen molar-refractivity contribution >= 4 is 49.6 Å². The van der Waals surface area contributed by atoms with Gasteiger partial charge >= 0.3 is 11.9 Å². The van der Waals surface area contributed by atoms with Crippen molar-refractivity contribution in [2.75, 3.05) is 12.3 Å². The third-order valence-corrected chi connectivity index (χ3v) is 1.44. The maximum absolute atomic E-state index is 9.90. The van der Waals surface area contributed by atoms with Crippen molar-refractivity contribution in [3.8, 4) is 0 Å². The maximum atomic E-state index is 9.90. The highest BCUT2D eigenvalue weighted by Gasteiger charge is 2.14. The zero-order chi connectivity index (χ0) is 10.9. The van der Waals surface area contributed by atoms with Crippen LogP contribution in [-0.4, -0.2) is 39.7 Å². The van der Waals surface area contributed by atoms with Crippen LogP contribution < -0.4 is 5.73 Å². The summed E-state index contributed by atoms with van der Waals surface area (Å²) < 4.78 is 0. The molecule has 5 nitrogen and oxygen atoms in total. The summed E-state index contributed by atoms with van der Waals surface area (Å²) >= 11 is 7.28. The van der Waals surface area contributed by atoms with Crippen LogP contribution in [-0.2, 0) is 9.59 Å². The van der Waals surface area contributed by atoms with Gasteiger partial charge in [-0.3, -0.25) is 9.59 Å². The molecule has 8 heteroatoms. The van der Waals surface area contributed by atoms with Crippen molar-refractivity contribution in [2.45, 2.75) is 11.7 Å². The number of halogens is 1. The molecule has 0 bridgehead atoms. The third kappa shape index (κ3) is 17.8. The topological polar surface area (TPSA) is 101 Å². The summed E-state index contributed by atoms with van der Waals surface area (Å²) in [5.74, 6) is -1.57. The fraction of sp³-hybridized carbons (Fsp3) is 0.667. The van der Waals surface area contributed by atoms with Gasteiger partial charge in [0.1, 0.15) is 5.25 Å². The molecule has 0 heterocycles. The average molecular weight is 264 g/mol. The third-order valence-electron chi connectivity index (χ3n) is 0.782. The second-order valence-corrected chi connectivity index (χ2v) is 3.03. The molecule has 0 aliphatic carbocycles. The molecule has 1 atom stereocenters. The number of rotatable bonds is 4. The minimum Gasteiger partial charge on any atom is -0.481 e. The summed E-state index contributed by atoms with van der Waals surface area (Å²) in [5, 5.41) is 15.0. The number of hydrogen-bond donors (Lipinski definition) is 5. The van der Waals surface area contributed by atoms with Crippen LogP contribution in [0, 0.1) is 0 Å². The Morgan fingerprint density at radius 2 is 1.71 bits per heavy atom. The number of hydrogen-bond acceptors (Lipinski definition) is 5. The minimum atomic E-state index is -1.21. The lowest BCUT2D eigenvalue weighted by Crippen LogP contribution is -2.17. The number of nitrogens with two attached hydrogens (primary N) is 1. The van der Waals surface area contributed by atoms with Crippen LogP contribution in [0.5, 0.6) is 0 Å². The molecule has 86 valence electrons. The van der Waals surface area contributed by atoms with Crippen LogP contribution >= 0.6 is 37.7 Å². The molecule has 0 aliphatic heterocycles. The Hall–Kier alpha value is -0.110. The van der Waals surface area contributed by atoms with E-state index in [-0.39, 0.29) is 12.4 Å². The van der Waals surface area contributed by atoms with Crippen LogP contribution in [0.4, 0.5) is 0 Å². The quantitative estimate of drug-likeness (QED) is 0.465. The highest BCUT2D eigenvalue weighted by Crippen LogP contribution is 1.99. The molecule has 4 N–H and O–H groups in total. The number of carboxylic acids is 2. The van der Waals surface area contributed by atoms with Crippen molar-refractivity contribution in [3.63, 3.8) is 0 Å². The standard InChI is InChI=1S/C4H6O4S.C2H7NS.ClH/c5-3(6)1-2(9)4(7)8;3-1-2-4;/h2,9H,1H2,(H,5,6)(H,7,8);4H,1-3H2;1H. The van der Waals surface area contributed by atoms with Crippen LogP contribution in [0.2, 0.25) is 0 Å². The molecule has 0 aromatic carbocycles. The summed E-state index contributed by atoms with van der Waals surface area (Å²) in [6.45, 7) is 0.684. The van der Waals surface area contributed by atoms with Gasteiger partial charge < -0.3 is 15.9 Å². The summed E-state index contributed by atoms with van der Waals surface area (Å²) in [6.07, 6.45) is -0.446. The normalized spacial score (nSPS) is 10.2. The SMILES string of the molecule is Cl.NCCS.O=C(O)CC(S)C(=O)O. The Labute approximate surface area is 99.3 Å². The summed E-state index contributed by atoms with van der Waals surface area (Å²) in [6, 6.07) is 0. The first-order valence-corrected chi connectivity index (χ1v) is 4.54. The van der Waals surface area contributed by atoms with Crippen LogP contribution in [0.15, 0.2) is 0 Å². The molecule has 0 saturated carbocycles. The number of aliphatic carboxylic acids is 2. The van der Waals surface area contributed by atoms with Gasteiger partial charge in [-0.2, -0.15) is 25.3 Å². The zero-order valence-corrected chi connectivity index (χ0v) is 9.89. The fourth-order valence-electron chi connectivity index (χ4n) is 0.253. The van der Waals surface area contributed by atoms with Crippen molar-refractivity contribution in [1.29, 1.82) is 0 Å². The number of thiol groups is 2. The Kier molecular flexibility index (Phi) is 17.9. The van der Waals surface area contributed by atoms with E-state index in [2.05, 4.69) is 25.3 Å². The molecule has 1 unspecified atom stereocenters. The zero-order valence-electron chi connectivity index (χ0n) is 7.29. The van der Waals surface area contributed by atoms with E-state index in [4.69, 9.17) is 15.9 Å². The molecule has 0 rings (SSSR count). The van der Waals surface area contributed by atoms with E-state index in [1.54, 1.807) is 0 Å². The molecule has 0 aromatic heterocycles. The maximum Gasteiger partial charge on any atom is 0.316 e. The van der Waals surface area contributed by atoms with Gasteiger partial charge in [0.2, 0.25) is 0 Å². The lowest BCUT2D eigenvalue weighted by molar-refractivity contribution is -0.142. The molecular weight excluding hydrogens is 250 g/mol. The molecule has 0 amide bonds. The fourth-order valence-corrected chi connectivity index (χ4v) is 0.409. The molecule has 0 saturated heterocycles. The molecule has 0 aliphatic rings. The predicted molar refractivity (Wildman–Crippen MR) is 62.8 cm³/mol. The van der Waals surface area contributed by atoms with Gasteiger partial charge in [0.15, 0.2) is 0 Å². The van der Waals surface area contributed by atoms with E-state index >= 15 is 0 Å². The van der Waals surface area contributed by atoms with Crippen LogP contribution in [0.25, 0.3) is 0 Å². The highest BCUT2D eigenvalue weighted by molar-refractivity contribution is 7.81. The Balaban J connectivity index is -0.000000209. The largest absolute Gasteiger partial charge is 0.481 e. The Morgan fingerprint density at radius 1 is 1.36 bits per heavy atom. The first kappa shape index (κ1) is 19.5. The summed E-state index contributed by atoms with van der Waals surface area (Å²) in [5.41, 5.74) is 4.95. The van der Waals surface area contributed by atoms with E-state index in [0.29, 0.717) is 6.54 Å². The minimum absolute atomic E-state index is 0. The van der Waals surface area contributed by atoms with E-state index < -0.39 is 23.6 Å². The molecule has 0 spiro atoms. The van der Waals surface area contributed by atoms with Gasteiger partial charge in [-0.15, -0.1) is 12.4 Å². The first-order chi connectivity index (χ1) is 5.95. The molecule has 0 fully saturated rings. The smallest absolute Gasteiger partial charge is 0.316 e. The second-order valence-electron chi connectivity index (χ2n) is 1.96. The lowest BCUT2D eigenvalue weighted by atomic mass is 10.3. The van der Waals surface area contributed by atoms with E-state index in [9.17, 15) is 9.59 Å². The lowest BCUT2D eigenvalue weighted by Gasteiger charge is -1.97. The van der Waals surface area contributed by atoms with Crippen LogP contribution in [0.3, 0.4) is 0 Å². The molecule has 0 aromatic rings. The number of carboxylic acid groups (broad SMARTS) is 2. The first-order valence-electron chi connectivity index (χ1n) is 3.39. The second kappa shape index (κ2) is 12.9. The molecule has 14 heavy (non-hydrogen) atoms. The highest BCUT2D eigenvalue weighted by atomic mass is 35.5. The summed E-state index contributed by atoms with van der Waals surface area (Å²) in [7, 11) is 0. The van der Waals surface area contributed by atoms with Crippen molar-refractivity contribution < 1.29 is 19.8 Å². The Morgan fingerprint density at radius 3 is 1.79 bits per heavy atom. The summed E-state index contributed by atoms with van der Waals surface area (Å²) in [4.78, 5) is 19.7. The monoisotopic (exact) mass is 263 g/mol. The van der Waals surface area contributed by atoms with Crippen LogP contribution in [0.1, 0.15) is 6.42 Å². The van der Waals surface area contributed by atoms with Gasteiger partial charge in [0.25, 0.3) is 0 Å². The van der Waals surface area contributed by atoms with E-state index in [0.717, 1.165) is 5.75 Å². The predicted octanol–water partition coefficient (Wildman–Crippen LogP) is 0.141.